The molecule has 0 fully saturated rings. The summed E-state index contributed by atoms with van der Waals surface area (Å²) < 4.78 is 12.8. The molecule has 0 bridgehead atoms. The lowest BCUT2D eigenvalue weighted by molar-refractivity contribution is -0.118. The predicted octanol–water partition coefficient (Wildman–Crippen LogP) is 5.84. The van der Waals surface area contributed by atoms with E-state index in [0.717, 1.165) is 36.1 Å². The van der Waals surface area contributed by atoms with Crippen LogP contribution in [0.25, 0.3) is 0 Å². The summed E-state index contributed by atoms with van der Waals surface area (Å²) in [5.74, 6) is 0.788. The third-order valence-electron chi connectivity index (χ3n) is 7.05. The van der Waals surface area contributed by atoms with Gasteiger partial charge in [0.2, 0.25) is 5.91 Å². The molecule has 1 aliphatic heterocycles. The summed E-state index contributed by atoms with van der Waals surface area (Å²) >= 11 is 7.42. The molecule has 0 aliphatic carbocycles. The largest absolute Gasteiger partial charge is 0.494 e. The zero-order valence-corrected chi connectivity index (χ0v) is 28.2. The van der Waals surface area contributed by atoms with Crippen molar-refractivity contribution >= 4 is 41.3 Å². The molecule has 0 unspecified atom stereocenters. The summed E-state index contributed by atoms with van der Waals surface area (Å²) in [6.45, 7) is 8.57. The summed E-state index contributed by atoms with van der Waals surface area (Å²) in [7, 11) is 0. The highest BCUT2D eigenvalue weighted by molar-refractivity contribution is 7.99. The van der Waals surface area contributed by atoms with Crippen molar-refractivity contribution < 1.29 is 23.9 Å². The number of amides is 3. The van der Waals surface area contributed by atoms with Crippen LogP contribution in [0.2, 0.25) is 5.02 Å². The Balaban J connectivity index is 1.44. The molecule has 0 spiro atoms. The summed E-state index contributed by atoms with van der Waals surface area (Å²) in [5, 5.41) is 9.17. The number of aromatic nitrogens is 1. The second-order valence-corrected chi connectivity index (χ2v) is 13.5. The van der Waals surface area contributed by atoms with Gasteiger partial charge in [-0.2, -0.15) is 0 Å². The number of benzene rings is 2. The van der Waals surface area contributed by atoms with E-state index in [2.05, 4.69) is 16.0 Å². The molecule has 1 aliphatic rings. The van der Waals surface area contributed by atoms with Gasteiger partial charge >= 0.3 is 6.09 Å². The molecular formula is C34H41ClN4O6S. The van der Waals surface area contributed by atoms with Gasteiger partial charge in [0.05, 0.1) is 30.3 Å². The maximum absolute atomic E-state index is 13.7. The molecular weight excluding hydrogens is 628 g/mol. The first-order valence-corrected chi connectivity index (χ1v) is 16.6. The van der Waals surface area contributed by atoms with Crippen LogP contribution in [0.1, 0.15) is 80.0 Å². The normalized spacial score (nSPS) is 13.9. The third-order valence-corrected chi connectivity index (χ3v) is 8.53. The van der Waals surface area contributed by atoms with Crippen LogP contribution < -0.4 is 26.2 Å². The SMILES string of the molecule is CC(=O)NCCCCCOc1ccc(CNC(=O)c2cn(Cc3ccc(Cl)cc3)c(=O)c3c2SC[C@@H]3NC(=O)OC(C)(C)C)cc1. The zero-order chi connectivity index (χ0) is 33.3. The van der Waals surface area contributed by atoms with Crippen LogP contribution in [-0.2, 0) is 22.6 Å². The number of nitrogens with zero attached hydrogens (tertiary/aromatic N) is 1. The number of alkyl carbamates (subject to hydrolysis) is 1. The molecule has 3 N–H and O–H groups in total. The molecule has 1 aromatic heterocycles. The maximum Gasteiger partial charge on any atom is 0.408 e. The predicted molar refractivity (Wildman–Crippen MR) is 180 cm³/mol. The van der Waals surface area contributed by atoms with Gasteiger partial charge in [-0.15, -0.1) is 11.8 Å². The average molecular weight is 669 g/mol. The number of halogens is 1. The van der Waals surface area contributed by atoms with Crippen LogP contribution in [-0.4, -0.2) is 47.0 Å². The summed E-state index contributed by atoms with van der Waals surface area (Å²) in [6.07, 6.45) is 3.70. The summed E-state index contributed by atoms with van der Waals surface area (Å²) in [5.41, 5.74) is 1.48. The van der Waals surface area contributed by atoms with Crippen molar-refractivity contribution in [1.29, 1.82) is 0 Å². The van der Waals surface area contributed by atoms with E-state index in [1.165, 1.54) is 23.3 Å². The van der Waals surface area contributed by atoms with Crippen molar-refractivity contribution in [2.75, 3.05) is 18.9 Å². The van der Waals surface area contributed by atoms with E-state index in [9.17, 15) is 19.2 Å². The van der Waals surface area contributed by atoms with Gasteiger partial charge in [0.1, 0.15) is 11.4 Å². The van der Waals surface area contributed by atoms with E-state index in [1.54, 1.807) is 39.1 Å². The standard InChI is InChI=1S/C34H41ClN4O6S/c1-22(40)36-16-6-5-7-17-44-26-14-10-23(11-15-26)18-37-31(41)27-20-39(19-24-8-12-25(35)13-9-24)32(42)29-28(21-46-30(27)29)38-33(43)45-34(2,3)4/h8-15,20,28H,5-7,16-19,21H2,1-4H3,(H,36,40)(H,37,41)(H,38,43)/t28-/m0/s1. The number of hydrogen-bond acceptors (Lipinski definition) is 7. The number of pyridine rings is 1. The number of nitrogens with one attached hydrogen (secondary N) is 3. The highest BCUT2D eigenvalue weighted by Gasteiger charge is 2.34. The minimum Gasteiger partial charge on any atom is -0.494 e. The lowest BCUT2D eigenvalue weighted by atomic mass is 10.1. The molecule has 12 heteroatoms. The number of ether oxygens (including phenoxy) is 2. The molecule has 2 aromatic carbocycles. The second kappa shape index (κ2) is 16.0. The van der Waals surface area contributed by atoms with Crippen LogP contribution in [0.15, 0.2) is 64.4 Å². The van der Waals surface area contributed by atoms with Gasteiger partial charge in [0.15, 0.2) is 0 Å². The Labute approximate surface area is 278 Å². The van der Waals surface area contributed by atoms with E-state index < -0.39 is 17.7 Å². The molecule has 3 amide bonds. The maximum atomic E-state index is 13.7. The molecule has 3 aromatic rings. The number of rotatable bonds is 13. The smallest absolute Gasteiger partial charge is 0.408 e. The molecule has 2 heterocycles. The Morgan fingerprint density at radius 3 is 2.35 bits per heavy atom. The van der Waals surface area contributed by atoms with Crippen LogP contribution in [0.5, 0.6) is 5.75 Å². The Morgan fingerprint density at radius 2 is 1.67 bits per heavy atom. The van der Waals surface area contributed by atoms with Crippen LogP contribution in [0.4, 0.5) is 4.79 Å². The van der Waals surface area contributed by atoms with Crippen LogP contribution >= 0.6 is 23.4 Å². The van der Waals surface area contributed by atoms with E-state index in [-0.39, 0.29) is 30.5 Å². The lowest BCUT2D eigenvalue weighted by Crippen LogP contribution is -2.38. The minimum atomic E-state index is -0.699. The van der Waals surface area contributed by atoms with Gasteiger partial charge in [0, 0.05) is 41.9 Å². The molecule has 46 heavy (non-hydrogen) atoms. The number of carbonyl (C=O) groups excluding carboxylic acids is 3. The van der Waals surface area contributed by atoms with Gasteiger partial charge in [-0.05, 0) is 75.4 Å². The van der Waals surface area contributed by atoms with Crippen molar-refractivity contribution in [3.8, 4) is 5.75 Å². The molecule has 10 nitrogen and oxygen atoms in total. The fraction of sp³-hybridized carbons (Fsp3) is 0.412. The molecule has 0 saturated carbocycles. The van der Waals surface area contributed by atoms with Crippen LogP contribution in [0, 0.1) is 0 Å². The monoisotopic (exact) mass is 668 g/mol. The fourth-order valence-corrected chi connectivity index (χ4v) is 6.25. The number of thioether (sulfide) groups is 1. The molecule has 0 radical (unpaired) electrons. The van der Waals surface area contributed by atoms with Crippen LogP contribution in [0.3, 0.4) is 0 Å². The molecule has 246 valence electrons. The molecule has 4 rings (SSSR count). The lowest BCUT2D eigenvalue weighted by Gasteiger charge is -2.22. The summed E-state index contributed by atoms with van der Waals surface area (Å²) in [6, 6.07) is 14.1. The Hall–Kier alpha value is -3.96. The van der Waals surface area contributed by atoms with Crippen molar-refractivity contribution in [3.63, 3.8) is 0 Å². The van der Waals surface area contributed by atoms with Gasteiger partial charge in [-0.25, -0.2) is 4.79 Å². The number of hydrogen-bond donors (Lipinski definition) is 3. The topological polar surface area (TPSA) is 128 Å². The van der Waals surface area contributed by atoms with E-state index in [4.69, 9.17) is 21.1 Å². The molecule has 1 atom stereocenters. The Kier molecular flexibility index (Phi) is 12.2. The second-order valence-electron chi connectivity index (χ2n) is 12.1. The first-order valence-electron chi connectivity index (χ1n) is 15.3. The van der Waals surface area contributed by atoms with E-state index in [1.807, 2.05) is 36.4 Å². The van der Waals surface area contributed by atoms with E-state index in [0.29, 0.717) is 39.9 Å². The quantitative estimate of drug-likeness (QED) is 0.195. The number of carbonyl (C=O) groups is 3. The Morgan fingerprint density at radius 1 is 0.978 bits per heavy atom. The first kappa shape index (κ1) is 34.9. The van der Waals surface area contributed by atoms with Gasteiger partial charge < -0.3 is 30.0 Å². The highest BCUT2D eigenvalue weighted by Crippen LogP contribution is 2.39. The Bertz CT molecular complexity index is 1590. The number of unbranched alkanes of at least 4 members (excludes halogenated alkanes) is 2. The van der Waals surface area contributed by atoms with Crippen molar-refractivity contribution in [1.82, 2.24) is 20.5 Å². The zero-order valence-electron chi connectivity index (χ0n) is 26.6. The summed E-state index contributed by atoms with van der Waals surface area (Å²) in [4.78, 5) is 51.4. The fourth-order valence-electron chi connectivity index (χ4n) is 4.85. The van der Waals surface area contributed by atoms with Gasteiger partial charge in [-0.3, -0.25) is 14.4 Å². The van der Waals surface area contributed by atoms with Gasteiger partial charge in [0.25, 0.3) is 11.5 Å². The van der Waals surface area contributed by atoms with Gasteiger partial charge in [-0.1, -0.05) is 35.9 Å². The van der Waals surface area contributed by atoms with Crippen molar-refractivity contribution in [3.05, 3.63) is 92.4 Å². The minimum absolute atomic E-state index is 0.0188. The average Bonchev–Trinajstić information content (AvgIpc) is 3.41. The number of fused-ring (bicyclic) bond motifs is 1. The van der Waals surface area contributed by atoms with E-state index >= 15 is 0 Å². The highest BCUT2D eigenvalue weighted by atomic mass is 35.5. The molecule has 0 saturated heterocycles. The van der Waals surface area contributed by atoms with Crippen molar-refractivity contribution in [2.45, 2.75) is 76.6 Å². The van der Waals surface area contributed by atoms with Crippen molar-refractivity contribution in [2.24, 2.45) is 0 Å². The third kappa shape index (κ3) is 10.3. The first-order chi connectivity index (χ1) is 21.9.